The van der Waals surface area contributed by atoms with Crippen LogP contribution in [0.5, 0.6) is 5.75 Å². The maximum atomic E-state index is 13.1. The van der Waals surface area contributed by atoms with Crippen LogP contribution in [0.15, 0.2) is 53.9 Å². The van der Waals surface area contributed by atoms with Gasteiger partial charge in [-0.15, -0.1) is 0 Å². The molecule has 0 saturated carbocycles. The van der Waals surface area contributed by atoms with Gasteiger partial charge in [-0.05, 0) is 41.7 Å². The third-order valence-electron chi connectivity index (χ3n) is 7.24. The van der Waals surface area contributed by atoms with Crippen LogP contribution >= 0.6 is 0 Å². The smallest absolute Gasteiger partial charge is 0.236 e. The first kappa shape index (κ1) is 24.0. The van der Waals surface area contributed by atoms with Crippen molar-refractivity contribution in [3.8, 4) is 5.75 Å². The standard InChI is InChI=1S/C27H33N3O4S/c31-27(24-8-12-30(13-9-24)35(32,33)19-11-22-4-2-1-3-5-22)29-16-14-28(15-17-29)21-23-6-7-26-25(20-23)10-18-34-26/h1-7,11,19-20,24H,8-10,12-18,21H2. The zero-order chi connectivity index (χ0) is 24.3. The normalized spacial score (nSPS) is 20.2. The number of piperazine rings is 1. The summed E-state index contributed by atoms with van der Waals surface area (Å²) in [5.41, 5.74) is 3.44. The van der Waals surface area contributed by atoms with Gasteiger partial charge in [-0.2, -0.15) is 4.31 Å². The maximum Gasteiger partial charge on any atom is 0.236 e. The van der Waals surface area contributed by atoms with Gasteiger partial charge in [0.15, 0.2) is 0 Å². The van der Waals surface area contributed by atoms with Crippen molar-refractivity contribution >= 4 is 22.0 Å². The fourth-order valence-electron chi connectivity index (χ4n) is 5.15. The number of amides is 1. The Hall–Kier alpha value is -2.68. The minimum Gasteiger partial charge on any atom is -0.493 e. The van der Waals surface area contributed by atoms with E-state index in [2.05, 4.69) is 23.1 Å². The quantitative estimate of drug-likeness (QED) is 0.616. The lowest BCUT2D eigenvalue weighted by Crippen LogP contribution is -2.51. The largest absolute Gasteiger partial charge is 0.493 e. The van der Waals surface area contributed by atoms with Crippen LogP contribution in [0.1, 0.15) is 29.5 Å². The van der Waals surface area contributed by atoms with E-state index in [-0.39, 0.29) is 11.8 Å². The topological polar surface area (TPSA) is 70.2 Å². The molecule has 7 nitrogen and oxygen atoms in total. The van der Waals surface area contributed by atoms with Gasteiger partial charge in [0.1, 0.15) is 5.75 Å². The summed E-state index contributed by atoms with van der Waals surface area (Å²) in [4.78, 5) is 17.5. The molecule has 2 aromatic rings. The number of hydrogen-bond acceptors (Lipinski definition) is 5. The number of nitrogens with zero attached hydrogens (tertiary/aromatic N) is 3. The number of rotatable bonds is 6. The second-order valence-corrected chi connectivity index (χ2v) is 11.4. The van der Waals surface area contributed by atoms with E-state index < -0.39 is 10.0 Å². The molecular weight excluding hydrogens is 462 g/mol. The Kier molecular flexibility index (Phi) is 7.22. The number of sulfonamides is 1. The van der Waals surface area contributed by atoms with E-state index in [4.69, 9.17) is 4.74 Å². The highest BCUT2D eigenvalue weighted by Gasteiger charge is 2.33. The molecule has 2 fully saturated rings. The molecule has 0 unspecified atom stereocenters. The van der Waals surface area contributed by atoms with Gasteiger partial charge in [0, 0.05) is 63.6 Å². The third kappa shape index (κ3) is 5.77. The third-order valence-corrected chi connectivity index (χ3v) is 8.80. The lowest BCUT2D eigenvalue weighted by molar-refractivity contribution is -0.138. The Labute approximate surface area is 208 Å². The molecule has 3 aliphatic heterocycles. The summed E-state index contributed by atoms with van der Waals surface area (Å²) < 4.78 is 32.5. The molecule has 0 radical (unpaired) electrons. The Bertz CT molecular complexity index is 1170. The minimum atomic E-state index is -3.48. The molecule has 1 amide bonds. The Morgan fingerprint density at radius 1 is 0.971 bits per heavy atom. The molecule has 2 saturated heterocycles. The number of benzene rings is 2. The second-order valence-electron chi connectivity index (χ2n) is 9.57. The van der Waals surface area contributed by atoms with E-state index in [1.165, 1.54) is 20.8 Å². The Morgan fingerprint density at radius 3 is 2.46 bits per heavy atom. The van der Waals surface area contributed by atoms with Gasteiger partial charge in [0.2, 0.25) is 15.9 Å². The minimum absolute atomic E-state index is 0.0946. The summed E-state index contributed by atoms with van der Waals surface area (Å²) >= 11 is 0. The highest BCUT2D eigenvalue weighted by Crippen LogP contribution is 2.27. The van der Waals surface area contributed by atoms with E-state index in [0.717, 1.165) is 57.1 Å². The monoisotopic (exact) mass is 495 g/mol. The van der Waals surface area contributed by atoms with E-state index in [9.17, 15) is 13.2 Å². The van der Waals surface area contributed by atoms with Gasteiger partial charge in [0.25, 0.3) is 0 Å². The molecule has 0 atom stereocenters. The highest BCUT2D eigenvalue weighted by atomic mass is 32.2. The molecule has 0 bridgehead atoms. The summed E-state index contributed by atoms with van der Waals surface area (Å²) in [6, 6.07) is 15.9. The number of piperidine rings is 1. The summed E-state index contributed by atoms with van der Waals surface area (Å²) in [6.07, 6.45) is 3.76. The first-order valence-electron chi connectivity index (χ1n) is 12.5. The average molecular weight is 496 g/mol. The highest BCUT2D eigenvalue weighted by molar-refractivity contribution is 7.92. The van der Waals surface area contributed by atoms with E-state index in [0.29, 0.717) is 25.9 Å². The zero-order valence-corrected chi connectivity index (χ0v) is 20.8. The number of ether oxygens (including phenoxy) is 1. The molecule has 35 heavy (non-hydrogen) atoms. The van der Waals surface area contributed by atoms with Crippen molar-refractivity contribution in [1.29, 1.82) is 0 Å². The Balaban J connectivity index is 1.08. The molecule has 0 aromatic heterocycles. The van der Waals surface area contributed by atoms with Crippen molar-refractivity contribution in [2.45, 2.75) is 25.8 Å². The van der Waals surface area contributed by atoms with Gasteiger partial charge in [-0.3, -0.25) is 9.69 Å². The number of fused-ring (bicyclic) bond motifs is 1. The summed E-state index contributed by atoms with van der Waals surface area (Å²) in [5, 5.41) is 1.28. The lowest BCUT2D eigenvalue weighted by Gasteiger charge is -2.38. The molecular formula is C27H33N3O4S. The van der Waals surface area contributed by atoms with Gasteiger partial charge in [-0.1, -0.05) is 42.5 Å². The van der Waals surface area contributed by atoms with Gasteiger partial charge < -0.3 is 9.64 Å². The molecule has 5 rings (SSSR count). The summed E-state index contributed by atoms with van der Waals surface area (Å²) in [5.74, 6) is 1.09. The predicted molar refractivity (Wildman–Crippen MR) is 136 cm³/mol. The van der Waals surface area contributed by atoms with E-state index in [1.54, 1.807) is 6.08 Å². The van der Waals surface area contributed by atoms with Crippen molar-refractivity contribution in [2.24, 2.45) is 5.92 Å². The molecule has 3 heterocycles. The van der Waals surface area contributed by atoms with Crippen LogP contribution in [0.3, 0.4) is 0 Å². The summed E-state index contributed by atoms with van der Waals surface area (Å²) in [6.45, 7) is 5.61. The van der Waals surface area contributed by atoms with Gasteiger partial charge in [-0.25, -0.2) is 8.42 Å². The first-order chi connectivity index (χ1) is 17.0. The van der Waals surface area contributed by atoms with Gasteiger partial charge in [0.05, 0.1) is 6.61 Å². The van der Waals surface area contributed by atoms with Crippen LogP contribution < -0.4 is 4.74 Å². The molecule has 186 valence electrons. The molecule has 2 aromatic carbocycles. The van der Waals surface area contributed by atoms with E-state index in [1.807, 2.05) is 35.2 Å². The van der Waals surface area contributed by atoms with Crippen molar-refractivity contribution in [1.82, 2.24) is 14.1 Å². The van der Waals surface area contributed by atoms with Crippen molar-refractivity contribution in [2.75, 3.05) is 45.9 Å². The average Bonchev–Trinajstić information content (AvgIpc) is 3.36. The summed E-state index contributed by atoms with van der Waals surface area (Å²) in [7, 11) is -3.48. The second kappa shape index (κ2) is 10.5. The maximum absolute atomic E-state index is 13.1. The molecule has 8 heteroatoms. The lowest BCUT2D eigenvalue weighted by atomic mass is 9.96. The number of carbonyl (C=O) groups is 1. The zero-order valence-electron chi connectivity index (χ0n) is 20.0. The van der Waals surface area contributed by atoms with Crippen molar-refractivity contribution in [3.05, 3.63) is 70.6 Å². The van der Waals surface area contributed by atoms with Crippen LogP contribution in [0.2, 0.25) is 0 Å². The fourth-order valence-corrected chi connectivity index (χ4v) is 6.37. The SMILES string of the molecule is O=C(C1CCN(S(=O)(=O)C=Cc2ccccc2)CC1)N1CCN(Cc2ccc3c(c2)CCO3)CC1. The van der Waals surface area contributed by atoms with Crippen molar-refractivity contribution < 1.29 is 17.9 Å². The van der Waals surface area contributed by atoms with Crippen LogP contribution in [-0.2, 0) is 27.8 Å². The van der Waals surface area contributed by atoms with Crippen LogP contribution in [0.4, 0.5) is 0 Å². The number of carbonyl (C=O) groups excluding carboxylic acids is 1. The van der Waals surface area contributed by atoms with Crippen molar-refractivity contribution in [3.63, 3.8) is 0 Å². The van der Waals surface area contributed by atoms with Gasteiger partial charge >= 0.3 is 0 Å². The fraction of sp³-hybridized carbons (Fsp3) is 0.444. The first-order valence-corrected chi connectivity index (χ1v) is 14.0. The van der Waals surface area contributed by atoms with E-state index >= 15 is 0 Å². The van der Waals surface area contributed by atoms with Crippen LogP contribution in [0.25, 0.3) is 6.08 Å². The predicted octanol–water partition coefficient (Wildman–Crippen LogP) is 2.98. The Morgan fingerprint density at radius 2 is 1.71 bits per heavy atom. The molecule has 0 aliphatic carbocycles. The molecule has 0 N–H and O–H groups in total. The molecule has 3 aliphatic rings. The van der Waals surface area contributed by atoms with Crippen LogP contribution in [-0.4, -0.2) is 74.3 Å². The number of hydrogen-bond donors (Lipinski definition) is 0. The van der Waals surface area contributed by atoms with Crippen LogP contribution in [0, 0.1) is 5.92 Å². The molecule has 0 spiro atoms.